The van der Waals surface area contributed by atoms with Crippen LogP contribution in [-0.2, 0) is 11.2 Å². The Hall–Kier alpha value is -2.66. The van der Waals surface area contributed by atoms with E-state index in [1.165, 1.54) is 11.1 Å². The Bertz CT molecular complexity index is 916. The summed E-state index contributed by atoms with van der Waals surface area (Å²) in [5.41, 5.74) is 4.52. The minimum absolute atomic E-state index is 0.0314. The zero-order valence-corrected chi connectivity index (χ0v) is 17.4. The molecule has 1 N–H and O–H groups in total. The van der Waals surface area contributed by atoms with Gasteiger partial charge in [-0.05, 0) is 42.5 Å². The fraction of sp³-hybridized carbons (Fsp3) is 0.304. The second kappa shape index (κ2) is 9.51. The number of carbonyl (C=O) groups is 1. The summed E-state index contributed by atoms with van der Waals surface area (Å²) in [5, 5.41) is 6.05. The van der Waals surface area contributed by atoms with Gasteiger partial charge in [-0.2, -0.15) is 0 Å². The Morgan fingerprint density at radius 2 is 1.96 bits per heavy atom. The minimum atomic E-state index is -0.107. The molecule has 146 valence electrons. The molecule has 0 fully saturated rings. The molecule has 0 aliphatic heterocycles. The van der Waals surface area contributed by atoms with E-state index in [1.54, 1.807) is 11.3 Å². The molecule has 5 heteroatoms. The number of hydrogen-bond acceptors (Lipinski definition) is 4. The summed E-state index contributed by atoms with van der Waals surface area (Å²) in [6.07, 6.45) is 0.783. The first-order valence-corrected chi connectivity index (χ1v) is 10.4. The zero-order valence-electron chi connectivity index (χ0n) is 16.6. The predicted molar refractivity (Wildman–Crippen MR) is 115 cm³/mol. The Kier molecular flexibility index (Phi) is 6.82. The van der Waals surface area contributed by atoms with Gasteiger partial charge in [-0.3, -0.25) is 4.79 Å². The summed E-state index contributed by atoms with van der Waals surface area (Å²) in [4.78, 5) is 16.5. The highest BCUT2D eigenvalue weighted by molar-refractivity contribution is 7.09. The molecule has 3 aromatic rings. The van der Waals surface area contributed by atoms with E-state index in [2.05, 4.69) is 59.9 Å². The van der Waals surface area contributed by atoms with Gasteiger partial charge >= 0.3 is 0 Å². The smallest absolute Gasteiger partial charge is 0.257 e. The Labute approximate surface area is 170 Å². The van der Waals surface area contributed by atoms with Gasteiger partial charge in [0.05, 0.1) is 10.7 Å². The van der Waals surface area contributed by atoms with Gasteiger partial charge in [0.25, 0.3) is 5.91 Å². The molecule has 0 spiro atoms. The standard InChI is InChI=1S/C23H26N2O2S/c1-16(2)20-5-4-6-21(13-20)27-14-23(26)24-12-11-18-7-9-19(10-8-18)22-15-28-17(3)25-22/h4-10,13,15-16H,11-12,14H2,1-3H3,(H,24,26). The summed E-state index contributed by atoms with van der Waals surface area (Å²) in [6, 6.07) is 16.2. The van der Waals surface area contributed by atoms with Crippen LogP contribution in [0.3, 0.4) is 0 Å². The van der Waals surface area contributed by atoms with E-state index in [4.69, 9.17) is 4.74 Å². The van der Waals surface area contributed by atoms with Crippen molar-refractivity contribution in [2.45, 2.75) is 33.1 Å². The van der Waals surface area contributed by atoms with Crippen molar-refractivity contribution in [2.75, 3.05) is 13.2 Å². The van der Waals surface area contributed by atoms with Crippen LogP contribution < -0.4 is 10.1 Å². The Morgan fingerprint density at radius 1 is 1.18 bits per heavy atom. The fourth-order valence-corrected chi connectivity index (χ4v) is 3.47. The second-order valence-electron chi connectivity index (χ2n) is 7.06. The monoisotopic (exact) mass is 394 g/mol. The average molecular weight is 395 g/mol. The molecule has 0 atom stereocenters. The number of rotatable bonds is 8. The normalized spacial score (nSPS) is 10.9. The van der Waals surface area contributed by atoms with E-state index in [9.17, 15) is 4.79 Å². The number of hydrogen-bond donors (Lipinski definition) is 1. The van der Waals surface area contributed by atoms with Gasteiger partial charge in [0, 0.05) is 17.5 Å². The van der Waals surface area contributed by atoms with Crippen LogP contribution in [0.2, 0.25) is 0 Å². The number of amides is 1. The Balaban J connectivity index is 1.42. The summed E-state index contributed by atoms with van der Waals surface area (Å²) in [7, 11) is 0. The van der Waals surface area contributed by atoms with Crippen molar-refractivity contribution in [3.8, 4) is 17.0 Å². The van der Waals surface area contributed by atoms with E-state index in [0.29, 0.717) is 12.5 Å². The van der Waals surface area contributed by atoms with Crippen molar-refractivity contribution >= 4 is 17.2 Å². The van der Waals surface area contributed by atoms with E-state index in [-0.39, 0.29) is 12.5 Å². The highest BCUT2D eigenvalue weighted by atomic mass is 32.1. The van der Waals surface area contributed by atoms with Crippen molar-refractivity contribution in [1.29, 1.82) is 0 Å². The topological polar surface area (TPSA) is 51.2 Å². The van der Waals surface area contributed by atoms with Crippen LogP contribution in [0, 0.1) is 6.92 Å². The van der Waals surface area contributed by atoms with Gasteiger partial charge in [-0.25, -0.2) is 4.98 Å². The highest BCUT2D eigenvalue weighted by Gasteiger charge is 2.06. The molecule has 28 heavy (non-hydrogen) atoms. The molecule has 4 nitrogen and oxygen atoms in total. The van der Waals surface area contributed by atoms with Crippen LogP contribution in [0.5, 0.6) is 5.75 Å². The van der Waals surface area contributed by atoms with Gasteiger partial charge < -0.3 is 10.1 Å². The zero-order chi connectivity index (χ0) is 19.9. The summed E-state index contributed by atoms with van der Waals surface area (Å²) >= 11 is 1.66. The summed E-state index contributed by atoms with van der Waals surface area (Å²) in [6.45, 7) is 6.90. The minimum Gasteiger partial charge on any atom is -0.484 e. The van der Waals surface area contributed by atoms with Crippen LogP contribution in [0.25, 0.3) is 11.3 Å². The molecule has 2 aromatic carbocycles. The van der Waals surface area contributed by atoms with E-state index < -0.39 is 0 Å². The molecule has 3 rings (SSSR count). The SMILES string of the molecule is Cc1nc(-c2ccc(CCNC(=O)COc3cccc(C(C)C)c3)cc2)cs1. The van der Waals surface area contributed by atoms with Gasteiger partial charge in [0.2, 0.25) is 0 Å². The third-order valence-corrected chi connectivity index (χ3v) is 5.27. The number of nitrogens with one attached hydrogen (secondary N) is 1. The highest BCUT2D eigenvalue weighted by Crippen LogP contribution is 2.22. The fourth-order valence-electron chi connectivity index (χ4n) is 2.85. The number of nitrogens with zero attached hydrogens (tertiary/aromatic N) is 1. The van der Waals surface area contributed by atoms with Crippen LogP contribution in [0.15, 0.2) is 53.9 Å². The van der Waals surface area contributed by atoms with Gasteiger partial charge in [0.15, 0.2) is 6.61 Å². The molecule has 0 saturated carbocycles. The van der Waals surface area contributed by atoms with E-state index in [1.807, 2.05) is 25.1 Å². The lowest BCUT2D eigenvalue weighted by Crippen LogP contribution is -2.30. The third kappa shape index (κ3) is 5.67. The van der Waals surface area contributed by atoms with Crippen LogP contribution in [0.1, 0.15) is 35.9 Å². The lowest BCUT2D eigenvalue weighted by molar-refractivity contribution is -0.123. The van der Waals surface area contributed by atoms with E-state index >= 15 is 0 Å². The lowest BCUT2D eigenvalue weighted by Gasteiger charge is -2.10. The Morgan fingerprint density at radius 3 is 2.64 bits per heavy atom. The van der Waals surface area contributed by atoms with Crippen molar-refractivity contribution in [3.63, 3.8) is 0 Å². The van der Waals surface area contributed by atoms with Gasteiger partial charge in [-0.15, -0.1) is 11.3 Å². The first-order valence-electron chi connectivity index (χ1n) is 9.52. The van der Waals surface area contributed by atoms with Crippen molar-refractivity contribution < 1.29 is 9.53 Å². The van der Waals surface area contributed by atoms with Crippen molar-refractivity contribution in [1.82, 2.24) is 10.3 Å². The van der Waals surface area contributed by atoms with E-state index in [0.717, 1.165) is 28.4 Å². The first-order chi connectivity index (χ1) is 13.5. The molecule has 0 radical (unpaired) electrons. The summed E-state index contributed by atoms with van der Waals surface area (Å²) in [5.74, 6) is 1.06. The summed E-state index contributed by atoms with van der Waals surface area (Å²) < 4.78 is 5.61. The first kappa shape index (κ1) is 20.1. The number of benzene rings is 2. The maximum Gasteiger partial charge on any atom is 0.257 e. The predicted octanol–water partition coefficient (Wildman–Crippen LogP) is 4.98. The van der Waals surface area contributed by atoms with Crippen LogP contribution in [0.4, 0.5) is 0 Å². The third-order valence-electron chi connectivity index (χ3n) is 4.50. The number of aryl methyl sites for hydroxylation is 1. The molecular formula is C23H26N2O2S. The molecule has 1 amide bonds. The molecular weight excluding hydrogens is 368 g/mol. The molecule has 0 aliphatic rings. The van der Waals surface area contributed by atoms with Crippen LogP contribution >= 0.6 is 11.3 Å². The molecule has 0 unspecified atom stereocenters. The van der Waals surface area contributed by atoms with Crippen molar-refractivity contribution in [3.05, 3.63) is 70.0 Å². The quantitative estimate of drug-likeness (QED) is 0.586. The number of aromatic nitrogens is 1. The molecule has 0 aliphatic carbocycles. The van der Waals surface area contributed by atoms with Gasteiger partial charge in [0.1, 0.15) is 5.75 Å². The van der Waals surface area contributed by atoms with Gasteiger partial charge in [-0.1, -0.05) is 50.2 Å². The molecule has 0 saturated heterocycles. The largest absolute Gasteiger partial charge is 0.484 e. The molecule has 0 bridgehead atoms. The maximum absolute atomic E-state index is 12.0. The average Bonchev–Trinajstić information content (AvgIpc) is 3.13. The molecule has 1 heterocycles. The van der Waals surface area contributed by atoms with Crippen molar-refractivity contribution in [2.24, 2.45) is 0 Å². The second-order valence-corrected chi connectivity index (χ2v) is 8.13. The van der Waals surface area contributed by atoms with Crippen LogP contribution in [-0.4, -0.2) is 24.0 Å². The number of thiazole rings is 1. The lowest BCUT2D eigenvalue weighted by atomic mass is 10.0. The molecule has 1 aromatic heterocycles. The number of carbonyl (C=O) groups excluding carboxylic acids is 1. The number of ether oxygens (including phenoxy) is 1. The maximum atomic E-state index is 12.0.